The Labute approximate surface area is 811 Å². The van der Waals surface area contributed by atoms with Gasteiger partial charge >= 0.3 is 0 Å². The molecule has 2 heterocycles. The normalized spacial score (nSPS) is 23.5. The zero-order chi connectivity index (χ0) is 98.6. The molecule has 2 aromatic carbocycles. The van der Waals surface area contributed by atoms with Crippen molar-refractivity contribution in [3.63, 3.8) is 0 Å². The fourth-order valence-corrected chi connectivity index (χ4v) is 21.4. The molecule has 10 rings (SSSR count). The SMILES string of the molecule is CC(C)[C@H](NC(=O)[C@@H](CCCCNC(=O)COC1CCCCCC2=C1NNN2CCOCCOCCOCCOCCC(=O)NCC[N+](C)(C)C)NC(=O)CCOCCOCCOCCOCCCC(=O)COC1CCCCCC2=C1NNN2C)C(=O)C[C@@H](C)C(=O)N[C@@H](CO)C(=O)Cc1ccc2c(c1)[C@@]1(C)CCC[C@](C)(C(=O)NC(=O)[C@@]3(C)CCC[C@]4(C)c5cc(O)ccc5CC[C@@H]34)[C@@H]1CC2. The Kier molecular flexibility index (Phi) is 44.8. The standard InChI is InChI=1S/C102H163N13O22/c1-70(2)92(84(120)63-71(3)95(124)106-80(67-116)83(119)65-72-29-30-73-32-35-87-99(4,77(73)64-72)39-21-41-101(87,6)97(126)108-98(127)102(7)42-22-40-100(5)78-66-75(117)34-31-74(78)33-36-88(100)102)107-96(125)79(105-90(122)38-49-130-53-57-134-60-59-132-55-51-128-47-20-23-76(118)68-136-85-27-16-12-14-25-81-93(85)109-111-113(81)8)24-18-19-43-103-91(123)69-137-86-28-17-13-15-26-82-94(86)110-112-114(82)45-50-131-54-58-135-62-61-133-56-52-129-48-37-89(121)104-44-46-115(9,10)11/h29-31,34,64,66,70-71,79-80,85-88,92,109-112,116H,12-28,32-33,35-63,65,67-69H2,1-11H3,(H6-,103,104,105,106,107,108,117,121,122,123,124,125,126,127)/p+1/t71-,79-,80+,85?,86?,87-,88-,92+,99-,100-,101+,102+/m1/s1. The van der Waals surface area contributed by atoms with Crippen LogP contribution in [0.2, 0.25) is 0 Å². The molecule has 12 atom stereocenters. The number of hydrogen-bond acceptors (Lipinski definition) is 28. The van der Waals surface area contributed by atoms with E-state index in [1.165, 1.54) is 11.3 Å². The molecule has 35 nitrogen and oxygen atoms in total. The van der Waals surface area contributed by atoms with E-state index in [1.54, 1.807) is 26.8 Å². The molecule has 8 aliphatic rings. The van der Waals surface area contributed by atoms with Crippen LogP contribution < -0.4 is 53.8 Å². The number of quaternary nitrogens is 1. The summed E-state index contributed by atoms with van der Waals surface area (Å²) in [5.41, 5.74) is 19.7. The number of nitrogens with one attached hydrogen (secondary N) is 10. The Morgan fingerprint density at radius 3 is 1.61 bits per heavy atom. The van der Waals surface area contributed by atoms with Crippen molar-refractivity contribution < 1.29 is 110 Å². The number of amides is 7. The third-order valence-corrected chi connectivity index (χ3v) is 29.2. The molecule has 6 aliphatic carbocycles. The summed E-state index contributed by atoms with van der Waals surface area (Å²) in [7, 11) is 8.21. The number of aliphatic hydroxyl groups excluding tert-OH is 1. The number of hydrogen-bond donors (Lipinski definition) is 12. The summed E-state index contributed by atoms with van der Waals surface area (Å²) in [4.78, 5) is 139. The summed E-state index contributed by atoms with van der Waals surface area (Å²) < 4.78 is 58.8. The number of Topliss-reactive ketones (excluding diaryl/α,β-unsaturated/α-hetero) is 3. The molecule has 137 heavy (non-hydrogen) atoms. The van der Waals surface area contributed by atoms with Crippen molar-refractivity contribution in [2.45, 2.75) is 276 Å². The minimum Gasteiger partial charge on any atom is -0.508 e. The van der Waals surface area contributed by atoms with Crippen LogP contribution in [0.5, 0.6) is 5.75 Å². The van der Waals surface area contributed by atoms with Crippen LogP contribution >= 0.6 is 0 Å². The summed E-state index contributed by atoms with van der Waals surface area (Å²) in [6, 6.07) is 8.02. The topological polar surface area (TPSA) is 430 Å². The first-order valence-corrected chi connectivity index (χ1v) is 50.8. The lowest BCUT2D eigenvalue weighted by atomic mass is 9.49. The van der Waals surface area contributed by atoms with Crippen LogP contribution in [0.25, 0.3) is 0 Å². The quantitative estimate of drug-likeness (QED) is 0.0175. The zero-order valence-electron chi connectivity index (χ0n) is 83.8. The predicted molar refractivity (Wildman–Crippen MR) is 515 cm³/mol. The number of rotatable bonds is 60. The average Bonchev–Trinajstić information content (AvgIpc) is 1.25. The van der Waals surface area contributed by atoms with Crippen molar-refractivity contribution in [2.24, 2.45) is 34.5 Å². The number of imide groups is 1. The number of carbonyl (C=O) groups is 10. The van der Waals surface area contributed by atoms with Crippen LogP contribution in [0.15, 0.2) is 59.2 Å². The molecule has 0 radical (unpaired) electrons. The maximum atomic E-state index is 15.0. The fraction of sp³-hybridized carbons (Fsp3) is 0.745. The first kappa shape index (κ1) is 111. The predicted octanol–water partition coefficient (Wildman–Crippen LogP) is 7.34. The largest absolute Gasteiger partial charge is 0.508 e. The number of benzene rings is 2. The monoisotopic (exact) mass is 1920 g/mol. The summed E-state index contributed by atoms with van der Waals surface area (Å²) in [6.07, 6.45) is 18.1. The molecule has 2 saturated carbocycles. The summed E-state index contributed by atoms with van der Waals surface area (Å²) in [6.45, 7) is 20.2. The van der Waals surface area contributed by atoms with Gasteiger partial charge in [0.2, 0.25) is 41.4 Å². The molecule has 2 aliphatic heterocycles. The average molecular weight is 1920 g/mol. The number of ether oxygens (including phenoxy) is 10. The number of nitrogens with zero attached hydrogens (tertiary/aromatic N) is 3. The summed E-state index contributed by atoms with van der Waals surface area (Å²) in [5.74, 6) is -4.89. The number of unbranched alkanes of at least 4 members (excludes halogenated alkanes) is 1. The third kappa shape index (κ3) is 33.0. The van der Waals surface area contributed by atoms with Gasteiger partial charge in [-0.05, 0) is 184 Å². The Hall–Kier alpha value is -8.14. The van der Waals surface area contributed by atoms with Crippen molar-refractivity contribution >= 4 is 58.7 Å². The fourth-order valence-electron chi connectivity index (χ4n) is 21.4. The van der Waals surface area contributed by atoms with Crippen molar-refractivity contribution in [1.29, 1.82) is 0 Å². The number of aliphatic hydroxyl groups is 1. The van der Waals surface area contributed by atoms with Crippen LogP contribution in [0.4, 0.5) is 0 Å². The van der Waals surface area contributed by atoms with Gasteiger partial charge in [0, 0.05) is 58.2 Å². The number of aromatic hydroxyl groups is 1. The highest BCUT2D eigenvalue weighted by Crippen LogP contribution is 2.60. The van der Waals surface area contributed by atoms with E-state index in [2.05, 4.69) is 88.8 Å². The second-order valence-electron chi connectivity index (χ2n) is 40.9. The van der Waals surface area contributed by atoms with E-state index in [-0.39, 0.29) is 130 Å². The number of phenolic OH excluding ortho intramolecular Hbond substituents is 1. The molecule has 2 aromatic rings. The molecule has 2 fully saturated rings. The van der Waals surface area contributed by atoms with Crippen LogP contribution in [-0.4, -0.2) is 294 Å². The highest BCUT2D eigenvalue weighted by atomic mass is 16.6. The number of hydrazine groups is 4. The molecule has 35 heteroatoms. The maximum absolute atomic E-state index is 15.0. The first-order valence-electron chi connectivity index (χ1n) is 50.8. The van der Waals surface area contributed by atoms with Gasteiger partial charge in [-0.3, -0.25) is 63.3 Å². The number of likely N-dealkylation sites (N-methyl/N-ethyl adjacent to an activating group) is 1. The van der Waals surface area contributed by atoms with E-state index in [0.717, 1.165) is 148 Å². The van der Waals surface area contributed by atoms with Gasteiger partial charge in [0.15, 0.2) is 17.3 Å². The Morgan fingerprint density at radius 1 is 0.504 bits per heavy atom. The van der Waals surface area contributed by atoms with Crippen LogP contribution in [0.1, 0.15) is 243 Å². The zero-order valence-corrected chi connectivity index (χ0v) is 83.8. The molecule has 2 unspecified atom stereocenters. The number of carbonyl (C=O) groups excluding carboxylic acids is 10. The molecular weight excluding hydrogens is 1760 g/mol. The van der Waals surface area contributed by atoms with Gasteiger partial charge in [-0.25, -0.2) is 0 Å². The van der Waals surface area contributed by atoms with E-state index in [1.807, 2.05) is 61.2 Å². The van der Waals surface area contributed by atoms with Crippen molar-refractivity contribution in [2.75, 3.05) is 180 Å². The molecule has 0 saturated heterocycles. The van der Waals surface area contributed by atoms with Crippen LogP contribution in [0.3, 0.4) is 0 Å². The summed E-state index contributed by atoms with van der Waals surface area (Å²) >= 11 is 0. The molecule has 0 aromatic heterocycles. The van der Waals surface area contributed by atoms with E-state index < -0.39 is 82.1 Å². The summed E-state index contributed by atoms with van der Waals surface area (Å²) in [5, 5.41) is 42.6. The van der Waals surface area contributed by atoms with E-state index in [9.17, 15) is 58.2 Å². The van der Waals surface area contributed by atoms with Gasteiger partial charge in [-0.1, -0.05) is 111 Å². The van der Waals surface area contributed by atoms with Crippen molar-refractivity contribution in [3.8, 4) is 5.75 Å². The Morgan fingerprint density at radius 2 is 1.03 bits per heavy atom. The van der Waals surface area contributed by atoms with Crippen molar-refractivity contribution in [3.05, 3.63) is 87.0 Å². The Bertz CT molecular complexity index is 4340. The van der Waals surface area contributed by atoms with E-state index >= 15 is 0 Å². The Balaban J connectivity index is 0.654. The van der Waals surface area contributed by atoms with Crippen molar-refractivity contribution in [1.82, 2.24) is 63.8 Å². The molecule has 12 N–H and O–H groups in total. The van der Waals surface area contributed by atoms with E-state index in [4.69, 9.17) is 47.4 Å². The molecular formula is C102H164N13O22+. The number of aryl methyl sites for hydroxylation is 2. The van der Waals surface area contributed by atoms with Crippen LogP contribution in [0, 0.1) is 34.5 Å². The lowest BCUT2D eigenvalue weighted by molar-refractivity contribution is -0.869. The van der Waals surface area contributed by atoms with Gasteiger partial charge in [0.1, 0.15) is 43.3 Å². The number of phenols is 1. The molecule has 0 bridgehead atoms. The molecule has 768 valence electrons. The lowest BCUT2D eigenvalue weighted by Crippen LogP contribution is -2.60. The van der Waals surface area contributed by atoms with Gasteiger partial charge in [0.05, 0.1) is 186 Å². The second kappa shape index (κ2) is 55.3. The van der Waals surface area contributed by atoms with Gasteiger partial charge in [-0.15, -0.1) is 11.1 Å². The number of allylic oxidation sites excluding steroid dienone is 2. The van der Waals surface area contributed by atoms with Gasteiger partial charge in [-0.2, -0.15) is 0 Å². The smallest absolute Gasteiger partial charge is 0.246 e. The van der Waals surface area contributed by atoms with Crippen LogP contribution in [-0.2, 0) is 125 Å². The third-order valence-electron chi connectivity index (χ3n) is 29.2. The molecule has 7 amide bonds. The lowest BCUT2D eigenvalue weighted by Gasteiger charge is -2.56. The number of ketones is 3. The van der Waals surface area contributed by atoms with E-state index in [0.29, 0.717) is 162 Å². The maximum Gasteiger partial charge on any atom is 0.246 e. The first-order chi connectivity index (χ1) is 65.7. The van der Waals surface area contributed by atoms with Gasteiger partial charge in [0.25, 0.3) is 0 Å². The second-order valence-corrected chi connectivity index (χ2v) is 40.9. The number of fused-ring (bicyclic) bond motifs is 6. The van der Waals surface area contributed by atoms with Gasteiger partial charge < -0.3 is 99.5 Å². The molecule has 0 spiro atoms. The highest BCUT2D eigenvalue weighted by molar-refractivity contribution is 6.01. The minimum atomic E-state index is -1.31. The highest BCUT2D eigenvalue weighted by Gasteiger charge is 2.59. The minimum absolute atomic E-state index is 0.0116.